The molecule has 3 aromatic heterocycles. The molecular weight excluding hydrogens is 1380 g/mol. The molecule has 3 N–H and O–H groups in total. The molecule has 11 aromatic rings. The number of nitrogens with two attached hydrogens (primary N) is 1. The zero-order chi connectivity index (χ0) is 74.4. The number of anilines is 1. The van der Waals surface area contributed by atoms with E-state index in [1.807, 2.05) is 0 Å². The number of hydrogen-bond acceptors (Lipinski definition) is 14. The van der Waals surface area contributed by atoms with Crippen molar-refractivity contribution in [1.29, 1.82) is 0 Å². The summed E-state index contributed by atoms with van der Waals surface area (Å²) in [4.78, 5) is 67.2. The number of halogens is 10. The highest BCUT2D eigenvalue weighted by Gasteiger charge is 2.37. The molecule has 0 saturated heterocycles. The number of nitrogen functional groups attached to an aromatic ring is 1. The molecule has 0 aliphatic carbocycles. The summed E-state index contributed by atoms with van der Waals surface area (Å²) in [6.45, 7) is 5.79. The second-order valence-electron chi connectivity index (χ2n) is 24.0. The number of carbonyl (C=O) groups excluding carboxylic acids is 3. The Morgan fingerprint density at radius 2 is 0.808 bits per heavy atom. The van der Waals surface area contributed by atoms with E-state index in [-0.39, 0.29) is 137 Å². The summed E-state index contributed by atoms with van der Waals surface area (Å²) in [6, 6.07) is 35.1. The Hall–Kier alpha value is -11.9. The second-order valence-corrected chi connectivity index (χ2v) is 24.3. The zero-order valence-corrected chi connectivity index (χ0v) is 57.4. The van der Waals surface area contributed by atoms with Crippen molar-refractivity contribution in [3.05, 3.63) is 287 Å². The van der Waals surface area contributed by atoms with Gasteiger partial charge in [-0.25, -0.2) is 69.4 Å². The minimum atomic E-state index is -0.818. The molecule has 3 aliphatic heterocycles. The van der Waals surface area contributed by atoms with Gasteiger partial charge in [0.2, 0.25) is 0 Å². The van der Waals surface area contributed by atoms with Crippen molar-refractivity contribution < 1.29 is 72.8 Å². The standard InChI is InChI=1S/C29H24F3N3O3.C21H16ClF2N3O3.C20H14F3N3O.C7H8FN/c1-16-7-8-17(11-22(16)32)12-23-27-24(34-28(33-23)26-20(30)5-4-6-21(26)31)15-35(29(27)36)14-18-9-10-19(37-2)13-25(18)38-3;1-29-12-7-6-11(16(8-12)30-2)9-27-10-15-18(21(27)28)19(22)26-20(25-15)17-13(23)4-3-5-14(17)24;1-10-5-6-11(7-14(10)23)8-15-18-16(9-24-20(18)27)26-19(25-15)17-12(21)3-2-4-13(17)22;1-5-2-3-6(9)4-7(5)8/h4-11,13H,12,14-15H2,1-3H3;3-8H,9-10H2,1-2H3;2-7H,8-9H2,1H3,(H,24,27);2-4H,9H2,1H3. The van der Waals surface area contributed by atoms with Gasteiger partial charge < -0.3 is 39.8 Å². The number of fused-ring (bicyclic) bond motifs is 3. The van der Waals surface area contributed by atoms with Gasteiger partial charge in [0.15, 0.2) is 17.5 Å². The van der Waals surface area contributed by atoms with Gasteiger partial charge in [0.05, 0.1) is 117 Å². The molecule has 6 heterocycles. The van der Waals surface area contributed by atoms with Gasteiger partial charge >= 0.3 is 0 Å². The number of amides is 3. The lowest BCUT2D eigenvalue weighted by atomic mass is 10.0. The summed E-state index contributed by atoms with van der Waals surface area (Å²) in [5.41, 5.74) is 11.2. The van der Waals surface area contributed by atoms with Crippen LogP contribution < -0.4 is 30.0 Å². The summed E-state index contributed by atoms with van der Waals surface area (Å²) in [5.74, 6) is -5.07. The number of hydrogen-bond donors (Lipinski definition) is 2. The number of nitrogens with zero attached hydrogens (tertiary/aromatic N) is 8. The maximum Gasteiger partial charge on any atom is 0.259 e. The highest BCUT2D eigenvalue weighted by Crippen LogP contribution is 2.37. The number of aromatic nitrogens is 6. The maximum atomic E-state index is 14.7. The first-order valence-electron chi connectivity index (χ1n) is 31.8. The molecule has 532 valence electrons. The topological polar surface area (TPSA) is 210 Å². The average Bonchev–Trinajstić information content (AvgIpc) is 1.59. The van der Waals surface area contributed by atoms with E-state index in [1.54, 1.807) is 113 Å². The zero-order valence-electron chi connectivity index (χ0n) is 56.6. The Bertz CT molecular complexity index is 5130. The van der Waals surface area contributed by atoms with Gasteiger partial charge in [-0.15, -0.1) is 0 Å². The van der Waals surface area contributed by atoms with E-state index >= 15 is 0 Å². The number of ether oxygens (including phenoxy) is 4. The smallest absolute Gasteiger partial charge is 0.259 e. The molecule has 0 bridgehead atoms. The van der Waals surface area contributed by atoms with E-state index < -0.39 is 40.7 Å². The van der Waals surface area contributed by atoms with Crippen LogP contribution in [0.2, 0.25) is 5.15 Å². The van der Waals surface area contributed by atoms with E-state index in [0.29, 0.717) is 79.3 Å². The van der Waals surface area contributed by atoms with Crippen LogP contribution in [0.15, 0.2) is 146 Å². The molecule has 14 rings (SSSR count). The molecule has 27 heteroatoms. The Morgan fingerprint density at radius 3 is 1.21 bits per heavy atom. The van der Waals surface area contributed by atoms with Crippen molar-refractivity contribution in [2.75, 3.05) is 34.2 Å². The molecule has 8 aromatic carbocycles. The molecule has 0 atom stereocenters. The number of rotatable bonds is 15. The van der Waals surface area contributed by atoms with E-state index in [0.717, 1.165) is 47.5 Å². The minimum Gasteiger partial charge on any atom is -0.497 e. The molecule has 0 saturated carbocycles. The van der Waals surface area contributed by atoms with Crippen LogP contribution in [0.1, 0.15) is 98.5 Å². The average molecular weight is 1450 g/mol. The predicted molar refractivity (Wildman–Crippen MR) is 368 cm³/mol. The third-order valence-corrected chi connectivity index (χ3v) is 17.3. The van der Waals surface area contributed by atoms with Crippen molar-refractivity contribution in [2.24, 2.45) is 0 Å². The third-order valence-electron chi connectivity index (χ3n) is 17.1. The van der Waals surface area contributed by atoms with Crippen LogP contribution in [-0.2, 0) is 45.6 Å². The maximum absolute atomic E-state index is 14.7. The summed E-state index contributed by atoms with van der Waals surface area (Å²) in [5, 5.41) is 2.49. The minimum absolute atomic E-state index is 0.0799. The highest BCUT2D eigenvalue weighted by atomic mass is 35.5. The number of benzene rings is 8. The van der Waals surface area contributed by atoms with Crippen molar-refractivity contribution in [2.45, 2.75) is 66.3 Å². The Morgan fingerprint density at radius 1 is 0.423 bits per heavy atom. The van der Waals surface area contributed by atoms with Crippen LogP contribution >= 0.6 is 11.6 Å². The fraction of sp³-hybridized carbons (Fsp3) is 0.182. The highest BCUT2D eigenvalue weighted by molar-refractivity contribution is 6.33. The second kappa shape index (κ2) is 31.5. The molecular formula is C77H62ClF9N10O7. The predicted octanol–water partition coefficient (Wildman–Crippen LogP) is 15.3. The number of methoxy groups -OCH3 is 4. The molecule has 104 heavy (non-hydrogen) atoms. The Labute approximate surface area is 595 Å². The molecule has 0 spiro atoms. The summed E-state index contributed by atoms with van der Waals surface area (Å²) in [6.07, 6.45) is 0.217. The van der Waals surface area contributed by atoms with Crippen LogP contribution in [0.25, 0.3) is 34.2 Å². The van der Waals surface area contributed by atoms with Crippen LogP contribution in [0.4, 0.5) is 45.2 Å². The molecule has 3 aliphatic rings. The monoisotopic (exact) mass is 1440 g/mol. The quantitative estimate of drug-likeness (QED) is 0.0556. The molecule has 17 nitrogen and oxygen atoms in total. The van der Waals surface area contributed by atoms with Crippen LogP contribution in [0.3, 0.4) is 0 Å². The number of carbonyl (C=O) groups is 3. The van der Waals surface area contributed by atoms with Gasteiger partial charge in [-0.2, -0.15) is 0 Å². The van der Waals surface area contributed by atoms with Gasteiger partial charge in [0.25, 0.3) is 17.7 Å². The molecule has 0 unspecified atom stereocenters. The van der Waals surface area contributed by atoms with Gasteiger partial charge in [-0.1, -0.05) is 60.1 Å². The first kappa shape index (κ1) is 73.3. The van der Waals surface area contributed by atoms with E-state index in [4.69, 9.17) is 36.3 Å². The van der Waals surface area contributed by atoms with Gasteiger partial charge in [-0.05, 0) is 134 Å². The van der Waals surface area contributed by atoms with Gasteiger partial charge in [0, 0.05) is 41.8 Å². The lowest BCUT2D eigenvalue weighted by Crippen LogP contribution is -2.24. The van der Waals surface area contributed by atoms with Crippen LogP contribution in [0.5, 0.6) is 23.0 Å². The first-order valence-corrected chi connectivity index (χ1v) is 32.2. The van der Waals surface area contributed by atoms with Gasteiger partial charge in [-0.3, -0.25) is 14.4 Å². The largest absolute Gasteiger partial charge is 0.497 e. The van der Waals surface area contributed by atoms with Gasteiger partial charge in [0.1, 0.15) is 86.1 Å². The summed E-state index contributed by atoms with van der Waals surface area (Å²) < 4.78 is 148. The fourth-order valence-electron chi connectivity index (χ4n) is 11.6. The summed E-state index contributed by atoms with van der Waals surface area (Å²) >= 11 is 6.21. The Kier molecular flexibility index (Phi) is 22.2. The van der Waals surface area contributed by atoms with Crippen molar-refractivity contribution >= 4 is 35.0 Å². The fourth-order valence-corrected chi connectivity index (χ4v) is 11.9. The third kappa shape index (κ3) is 15.9. The van der Waals surface area contributed by atoms with E-state index in [9.17, 15) is 53.9 Å². The Balaban J connectivity index is 0.000000149. The van der Waals surface area contributed by atoms with Crippen molar-refractivity contribution in [3.8, 4) is 57.2 Å². The molecule has 0 fully saturated rings. The summed E-state index contributed by atoms with van der Waals surface area (Å²) in [7, 11) is 6.14. The van der Waals surface area contributed by atoms with Crippen molar-refractivity contribution in [3.63, 3.8) is 0 Å². The normalized spacial score (nSPS) is 12.5. The number of nitrogens with one attached hydrogen (secondary N) is 1. The first-order chi connectivity index (χ1) is 49.8. The van der Waals surface area contributed by atoms with Crippen molar-refractivity contribution in [1.82, 2.24) is 45.0 Å². The van der Waals surface area contributed by atoms with Crippen LogP contribution in [-0.4, -0.2) is 85.9 Å². The van der Waals surface area contributed by atoms with E-state index in [1.165, 1.54) is 55.5 Å². The SMILES string of the molecule is COc1ccc(CN2Cc3nc(-c4c(F)cccc4F)nc(Cc4ccc(C)c(F)c4)c3C2=O)c(OC)c1.COc1ccc(CN2Cc3nc(-c4c(F)cccc4F)nc(Cl)c3C2=O)c(OC)c1.Cc1ccc(Cc2nc(-c3c(F)cccc3F)nc3c2C(=O)NC3)cc1F.Cc1ccc(N)cc1F. The lowest BCUT2D eigenvalue weighted by Gasteiger charge is -2.18. The van der Waals surface area contributed by atoms with Crippen LogP contribution in [0, 0.1) is 73.1 Å². The molecule has 0 radical (unpaired) electrons. The number of aryl methyl sites for hydroxylation is 3. The van der Waals surface area contributed by atoms with E-state index in [2.05, 4.69) is 35.2 Å². The lowest BCUT2D eigenvalue weighted by molar-refractivity contribution is 0.0757. The molecule has 3 amide bonds.